The van der Waals surface area contributed by atoms with Gasteiger partial charge in [-0.25, -0.2) is 0 Å². The molecular weight excluding hydrogens is 354 g/mol. The molecule has 1 aromatic heterocycles. The second kappa shape index (κ2) is 8.27. The molecule has 138 valence electrons. The number of thioether (sulfide) groups is 1. The van der Waals surface area contributed by atoms with Crippen LogP contribution in [0.1, 0.15) is 23.9 Å². The molecule has 1 aliphatic rings. The standard InChI is InChI=1S/C18H21N3O4S/c1-3-14-11(2)25-17(20-14)19-8-9-24-13-6-4-12(5-7-13)10-15-16(22)21-18(23)26-15/h4-7,15H,3,8-10H2,1-2H3,(H,19,20)(H,21,22,23). The molecule has 1 fully saturated rings. The smallest absolute Gasteiger partial charge is 0.295 e. The molecule has 0 spiro atoms. The van der Waals surface area contributed by atoms with Crippen LogP contribution in [0.4, 0.5) is 10.8 Å². The van der Waals surface area contributed by atoms with E-state index in [0.717, 1.165) is 40.9 Å². The number of amides is 2. The van der Waals surface area contributed by atoms with Crippen molar-refractivity contribution in [2.45, 2.75) is 31.9 Å². The maximum absolute atomic E-state index is 11.6. The molecule has 2 heterocycles. The molecular formula is C18H21N3O4S. The number of nitrogens with one attached hydrogen (secondary N) is 2. The second-order valence-electron chi connectivity index (χ2n) is 5.88. The summed E-state index contributed by atoms with van der Waals surface area (Å²) >= 11 is 1.04. The van der Waals surface area contributed by atoms with Crippen molar-refractivity contribution in [1.29, 1.82) is 0 Å². The number of benzene rings is 1. The highest BCUT2D eigenvalue weighted by Crippen LogP contribution is 2.23. The van der Waals surface area contributed by atoms with Gasteiger partial charge in [-0.05, 0) is 37.5 Å². The average molecular weight is 375 g/mol. The predicted molar refractivity (Wildman–Crippen MR) is 99.7 cm³/mol. The van der Waals surface area contributed by atoms with Crippen LogP contribution in [-0.4, -0.2) is 34.5 Å². The Hall–Kier alpha value is -2.48. The zero-order chi connectivity index (χ0) is 18.5. The molecule has 26 heavy (non-hydrogen) atoms. The Morgan fingerprint density at radius 1 is 1.31 bits per heavy atom. The van der Waals surface area contributed by atoms with Crippen LogP contribution in [-0.2, 0) is 17.6 Å². The number of carbonyl (C=O) groups is 2. The van der Waals surface area contributed by atoms with E-state index in [4.69, 9.17) is 9.15 Å². The van der Waals surface area contributed by atoms with Crippen LogP contribution in [0, 0.1) is 6.92 Å². The monoisotopic (exact) mass is 375 g/mol. The highest BCUT2D eigenvalue weighted by atomic mass is 32.2. The van der Waals surface area contributed by atoms with Gasteiger partial charge in [0.25, 0.3) is 11.3 Å². The van der Waals surface area contributed by atoms with Gasteiger partial charge in [0.2, 0.25) is 5.91 Å². The third-order valence-electron chi connectivity index (χ3n) is 3.99. The molecule has 1 saturated heterocycles. The van der Waals surface area contributed by atoms with Gasteiger partial charge in [-0.3, -0.25) is 14.9 Å². The Bertz CT molecular complexity index is 788. The normalized spacial score (nSPS) is 16.6. The lowest BCUT2D eigenvalue weighted by molar-refractivity contribution is -0.118. The van der Waals surface area contributed by atoms with Crippen molar-refractivity contribution in [2.24, 2.45) is 0 Å². The predicted octanol–water partition coefficient (Wildman–Crippen LogP) is 2.93. The van der Waals surface area contributed by atoms with Crippen molar-refractivity contribution < 1.29 is 18.7 Å². The number of aryl methyl sites for hydroxylation is 2. The quantitative estimate of drug-likeness (QED) is 0.685. The van der Waals surface area contributed by atoms with Gasteiger partial charge >= 0.3 is 0 Å². The van der Waals surface area contributed by atoms with Gasteiger partial charge in [-0.1, -0.05) is 30.8 Å². The molecule has 1 unspecified atom stereocenters. The van der Waals surface area contributed by atoms with Gasteiger partial charge in [-0.15, -0.1) is 0 Å². The lowest BCUT2D eigenvalue weighted by Crippen LogP contribution is -2.25. The molecule has 7 nitrogen and oxygen atoms in total. The molecule has 1 aliphatic heterocycles. The number of aromatic nitrogens is 1. The summed E-state index contributed by atoms with van der Waals surface area (Å²) in [7, 11) is 0. The number of anilines is 1. The lowest BCUT2D eigenvalue weighted by atomic mass is 10.1. The van der Waals surface area contributed by atoms with Gasteiger partial charge in [-0.2, -0.15) is 4.98 Å². The summed E-state index contributed by atoms with van der Waals surface area (Å²) in [6.45, 7) is 4.99. The van der Waals surface area contributed by atoms with Crippen LogP contribution >= 0.6 is 11.8 Å². The lowest BCUT2D eigenvalue weighted by Gasteiger charge is -2.09. The van der Waals surface area contributed by atoms with E-state index in [9.17, 15) is 9.59 Å². The molecule has 2 N–H and O–H groups in total. The molecule has 0 radical (unpaired) electrons. The third-order valence-corrected chi connectivity index (χ3v) is 4.97. The molecule has 2 aromatic rings. The first kappa shape index (κ1) is 18.3. The van der Waals surface area contributed by atoms with Crippen LogP contribution in [0.3, 0.4) is 0 Å². The third kappa shape index (κ3) is 4.57. The van der Waals surface area contributed by atoms with Crippen molar-refractivity contribution in [3.05, 3.63) is 41.3 Å². The van der Waals surface area contributed by atoms with E-state index in [1.54, 1.807) is 0 Å². The van der Waals surface area contributed by atoms with E-state index >= 15 is 0 Å². The SMILES string of the molecule is CCc1nc(NCCOc2ccc(CC3SC(=O)NC3=O)cc2)oc1C. The first-order valence-corrected chi connectivity index (χ1v) is 9.36. The Kier molecular flexibility index (Phi) is 5.82. The Morgan fingerprint density at radius 2 is 2.08 bits per heavy atom. The largest absolute Gasteiger partial charge is 0.492 e. The summed E-state index contributed by atoms with van der Waals surface area (Å²) in [5, 5.41) is 4.76. The number of hydrogen-bond donors (Lipinski definition) is 2. The highest BCUT2D eigenvalue weighted by Gasteiger charge is 2.31. The van der Waals surface area contributed by atoms with Crippen molar-refractivity contribution in [3.8, 4) is 5.75 Å². The van der Waals surface area contributed by atoms with Crippen molar-refractivity contribution in [2.75, 3.05) is 18.5 Å². The number of hydrogen-bond acceptors (Lipinski definition) is 7. The minimum Gasteiger partial charge on any atom is -0.492 e. The number of imide groups is 1. The fourth-order valence-electron chi connectivity index (χ4n) is 2.62. The van der Waals surface area contributed by atoms with Crippen LogP contribution < -0.4 is 15.4 Å². The fraction of sp³-hybridized carbons (Fsp3) is 0.389. The van der Waals surface area contributed by atoms with E-state index in [0.29, 0.717) is 25.6 Å². The summed E-state index contributed by atoms with van der Waals surface area (Å²) < 4.78 is 11.2. The topological polar surface area (TPSA) is 93.5 Å². The van der Waals surface area contributed by atoms with E-state index in [1.807, 2.05) is 38.1 Å². The minimum atomic E-state index is -0.351. The summed E-state index contributed by atoms with van der Waals surface area (Å²) in [4.78, 5) is 27.1. The van der Waals surface area contributed by atoms with E-state index < -0.39 is 0 Å². The number of rotatable bonds is 8. The zero-order valence-electron chi connectivity index (χ0n) is 14.7. The van der Waals surface area contributed by atoms with Crippen LogP contribution in [0.15, 0.2) is 28.7 Å². The van der Waals surface area contributed by atoms with Crippen molar-refractivity contribution in [1.82, 2.24) is 10.3 Å². The fourth-order valence-corrected chi connectivity index (χ4v) is 3.48. The average Bonchev–Trinajstić information content (AvgIpc) is 3.14. The van der Waals surface area contributed by atoms with Crippen molar-refractivity contribution >= 4 is 28.9 Å². The summed E-state index contributed by atoms with van der Waals surface area (Å²) in [5.41, 5.74) is 1.94. The molecule has 1 atom stereocenters. The van der Waals surface area contributed by atoms with E-state index in [1.165, 1.54) is 0 Å². The molecule has 0 saturated carbocycles. The second-order valence-corrected chi connectivity index (χ2v) is 7.06. The molecule has 0 aliphatic carbocycles. The molecule has 3 rings (SSSR count). The van der Waals surface area contributed by atoms with Crippen LogP contribution in [0.25, 0.3) is 0 Å². The van der Waals surface area contributed by atoms with Gasteiger partial charge in [0.1, 0.15) is 18.1 Å². The number of oxazole rings is 1. The molecule has 8 heteroatoms. The summed E-state index contributed by atoms with van der Waals surface area (Å²) in [5.74, 6) is 1.36. The molecule has 0 bridgehead atoms. The Balaban J connectivity index is 1.42. The minimum absolute atomic E-state index is 0.223. The van der Waals surface area contributed by atoms with Gasteiger partial charge in [0.05, 0.1) is 17.5 Å². The number of ether oxygens (including phenoxy) is 1. The Morgan fingerprint density at radius 3 is 2.69 bits per heavy atom. The number of carbonyl (C=O) groups excluding carboxylic acids is 2. The van der Waals surface area contributed by atoms with Gasteiger partial charge < -0.3 is 14.5 Å². The van der Waals surface area contributed by atoms with Gasteiger partial charge in [0, 0.05) is 0 Å². The number of nitrogens with zero attached hydrogens (tertiary/aromatic N) is 1. The van der Waals surface area contributed by atoms with E-state index in [2.05, 4.69) is 15.6 Å². The Labute approximate surface area is 155 Å². The van der Waals surface area contributed by atoms with E-state index in [-0.39, 0.29) is 16.4 Å². The zero-order valence-corrected chi connectivity index (χ0v) is 15.5. The molecule has 1 aromatic carbocycles. The van der Waals surface area contributed by atoms with Crippen molar-refractivity contribution in [3.63, 3.8) is 0 Å². The molecule has 2 amide bonds. The first-order chi connectivity index (χ1) is 12.5. The van der Waals surface area contributed by atoms with Gasteiger partial charge in [0.15, 0.2) is 0 Å². The summed E-state index contributed by atoms with van der Waals surface area (Å²) in [6.07, 6.45) is 1.36. The first-order valence-electron chi connectivity index (χ1n) is 8.48. The maximum atomic E-state index is 11.6. The highest BCUT2D eigenvalue weighted by molar-refractivity contribution is 8.15. The van der Waals surface area contributed by atoms with Crippen LogP contribution in [0.5, 0.6) is 5.75 Å². The summed E-state index contributed by atoms with van der Waals surface area (Å²) in [6, 6.07) is 8.05. The van der Waals surface area contributed by atoms with Crippen LogP contribution in [0.2, 0.25) is 0 Å². The maximum Gasteiger partial charge on any atom is 0.295 e.